The summed E-state index contributed by atoms with van der Waals surface area (Å²) in [6.45, 7) is 8.09. The molecule has 1 aromatic heterocycles. The Bertz CT molecular complexity index is 1170. The summed E-state index contributed by atoms with van der Waals surface area (Å²) in [5, 5.41) is 3.96. The van der Waals surface area contributed by atoms with Gasteiger partial charge in [-0.3, -0.25) is 14.6 Å². The number of hydrogen-bond acceptors (Lipinski definition) is 4. The van der Waals surface area contributed by atoms with Gasteiger partial charge in [-0.1, -0.05) is 37.6 Å². The highest BCUT2D eigenvalue weighted by Gasteiger charge is 2.35. The molecule has 0 radical (unpaired) electrons. The van der Waals surface area contributed by atoms with Gasteiger partial charge in [-0.25, -0.2) is 0 Å². The third-order valence-electron chi connectivity index (χ3n) is 6.03. The Kier molecular flexibility index (Phi) is 6.12. The number of pyridine rings is 1. The molecular formula is C26H29N3O3. The van der Waals surface area contributed by atoms with Gasteiger partial charge in [0.1, 0.15) is 5.75 Å². The van der Waals surface area contributed by atoms with E-state index in [2.05, 4.69) is 10.3 Å². The lowest BCUT2D eigenvalue weighted by Gasteiger charge is -2.35. The lowest BCUT2D eigenvalue weighted by atomic mass is 10.0. The summed E-state index contributed by atoms with van der Waals surface area (Å²) in [6.07, 6.45) is 0.913. The van der Waals surface area contributed by atoms with Crippen LogP contribution in [-0.4, -0.2) is 35.5 Å². The molecule has 1 atom stereocenters. The van der Waals surface area contributed by atoms with Crippen molar-refractivity contribution >= 4 is 28.4 Å². The number of aromatic nitrogens is 1. The first-order valence-corrected chi connectivity index (χ1v) is 11.2. The quantitative estimate of drug-likeness (QED) is 0.643. The van der Waals surface area contributed by atoms with E-state index >= 15 is 0 Å². The summed E-state index contributed by atoms with van der Waals surface area (Å²) in [6, 6.07) is 15.3. The van der Waals surface area contributed by atoms with Gasteiger partial charge in [0.15, 0.2) is 6.10 Å². The molecule has 32 heavy (non-hydrogen) atoms. The number of carbonyl (C=O) groups is 2. The van der Waals surface area contributed by atoms with E-state index < -0.39 is 6.10 Å². The Morgan fingerprint density at radius 1 is 1.12 bits per heavy atom. The first kappa shape index (κ1) is 21.8. The number of carbonyl (C=O) groups excluding carboxylic acids is 2. The average molecular weight is 432 g/mol. The SMILES string of the molecule is CCC(CC)NC(=O)C1CN(C(=O)c2cc3cc(C)ccc3nc2C)c2ccccc2O1. The molecule has 166 valence electrons. The summed E-state index contributed by atoms with van der Waals surface area (Å²) < 4.78 is 5.99. The van der Waals surface area contributed by atoms with Gasteiger partial charge in [0.05, 0.1) is 29.0 Å². The van der Waals surface area contributed by atoms with E-state index in [-0.39, 0.29) is 24.4 Å². The molecule has 2 amide bonds. The highest BCUT2D eigenvalue weighted by atomic mass is 16.5. The molecule has 2 heterocycles. The number of aryl methyl sites for hydroxylation is 2. The molecule has 4 rings (SSSR count). The molecule has 1 aliphatic heterocycles. The smallest absolute Gasteiger partial charge is 0.263 e. The zero-order chi connectivity index (χ0) is 22.8. The lowest BCUT2D eigenvalue weighted by Crippen LogP contribution is -2.52. The minimum Gasteiger partial charge on any atom is -0.477 e. The summed E-state index contributed by atoms with van der Waals surface area (Å²) in [5.74, 6) is 0.142. The third-order valence-corrected chi connectivity index (χ3v) is 6.03. The zero-order valence-electron chi connectivity index (χ0n) is 19.0. The Labute approximate surface area is 188 Å². The van der Waals surface area contributed by atoms with Gasteiger partial charge in [-0.05, 0) is 57.0 Å². The molecule has 0 aliphatic carbocycles. The topological polar surface area (TPSA) is 71.5 Å². The van der Waals surface area contributed by atoms with Crippen LogP contribution in [0.15, 0.2) is 48.5 Å². The maximum atomic E-state index is 13.7. The standard InChI is InChI=1S/C26H29N3O3/c1-5-19(6-2)28-25(30)24-15-29(22-9-7-8-10-23(22)32-24)26(31)20-14-18-13-16(3)11-12-21(18)27-17(20)4/h7-14,19,24H,5-6,15H2,1-4H3,(H,28,30). The van der Waals surface area contributed by atoms with E-state index in [1.807, 2.05) is 70.2 Å². The predicted octanol–water partition coefficient (Wildman–Crippen LogP) is 4.56. The highest BCUT2D eigenvalue weighted by molar-refractivity contribution is 6.10. The van der Waals surface area contributed by atoms with E-state index in [1.54, 1.807) is 11.0 Å². The molecule has 0 saturated carbocycles. The molecule has 1 unspecified atom stereocenters. The van der Waals surface area contributed by atoms with E-state index in [1.165, 1.54) is 0 Å². The highest BCUT2D eigenvalue weighted by Crippen LogP contribution is 2.34. The average Bonchev–Trinajstić information content (AvgIpc) is 2.81. The second-order valence-corrected chi connectivity index (χ2v) is 8.33. The number of rotatable bonds is 5. The summed E-state index contributed by atoms with van der Waals surface area (Å²) in [7, 11) is 0. The molecule has 1 N–H and O–H groups in total. The van der Waals surface area contributed by atoms with Crippen molar-refractivity contribution in [2.24, 2.45) is 0 Å². The number of anilines is 1. The van der Waals surface area contributed by atoms with Crippen molar-refractivity contribution in [3.63, 3.8) is 0 Å². The van der Waals surface area contributed by atoms with Crippen LogP contribution in [0.25, 0.3) is 10.9 Å². The van der Waals surface area contributed by atoms with E-state index in [0.29, 0.717) is 22.7 Å². The van der Waals surface area contributed by atoms with Gasteiger partial charge >= 0.3 is 0 Å². The van der Waals surface area contributed by atoms with Crippen LogP contribution in [0, 0.1) is 13.8 Å². The van der Waals surface area contributed by atoms with E-state index in [9.17, 15) is 9.59 Å². The van der Waals surface area contributed by atoms with Crippen molar-refractivity contribution in [1.82, 2.24) is 10.3 Å². The van der Waals surface area contributed by atoms with Gasteiger partial charge in [0.2, 0.25) is 0 Å². The van der Waals surface area contributed by atoms with Crippen molar-refractivity contribution in [2.75, 3.05) is 11.4 Å². The fraction of sp³-hybridized carbons (Fsp3) is 0.346. The maximum absolute atomic E-state index is 13.7. The molecule has 0 spiro atoms. The molecule has 0 fully saturated rings. The lowest BCUT2D eigenvalue weighted by molar-refractivity contribution is -0.128. The summed E-state index contributed by atoms with van der Waals surface area (Å²) in [5.41, 5.74) is 3.81. The number of fused-ring (bicyclic) bond motifs is 2. The number of nitrogens with zero attached hydrogens (tertiary/aromatic N) is 2. The minimum absolute atomic E-state index is 0.0857. The van der Waals surface area contributed by atoms with Gasteiger partial charge in [-0.2, -0.15) is 0 Å². The van der Waals surface area contributed by atoms with Crippen LogP contribution in [0.2, 0.25) is 0 Å². The van der Waals surface area contributed by atoms with Crippen LogP contribution in [-0.2, 0) is 4.79 Å². The monoisotopic (exact) mass is 431 g/mol. The number of hydrogen-bond donors (Lipinski definition) is 1. The molecular weight excluding hydrogens is 402 g/mol. The van der Waals surface area contributed by atoms with Crippen LogP contribution in [0.1, 0.15) is 48.3 Å². The number of nitrogens with one attached hydrogen (secondary N) is 1. The fourth-order valence-electron chi connectivity index (χ4n) is 4.10. The molecule has 1 aliphatic rings. The molecule has 6 nitrogen and oxygen atoms in total. The molecule has 0 saturated heterocycles. The fourth-order valence-corrected chi connectivity index (χ4v) is 4.10. The van der Waals surface area contributed by atoms with Crippen molar-refractivity contribution in [1.29, 1.82) is 0 Å². The van der Waals surface area contributed by atoms with Crippen LogP contribution in [0.3, 0.4) is 0 Å². The first-order chi connectivity index (χ1) is 15.4. The maximum Gasteiger partial charge on any atom is 0.263 e. The van der Waals surface area contributed by atoms with Gasteiger partial charge < -0.3 is 15.0 Å². The summed E-state index contributed by atoms with van der Waals surface area (Å²) >= 11 is 0. The zero-order valence-corrected chi connectivity index (χ0v) is 19.0. The first-order valence-electron chi connectivity index (χ1n) is 11.2. The molecule has 2 aromatic carbocycles. The van der Waals surface area contributed by atoms with Crippen molar-refractivity contribution in [2.45, 2.75) is 52.7 Å². The Balaban J connectivity index is 1.70. The number of benzene rings is 2. The van der Waals surface area contributed by atoms with Gasteiger partial charge in [0.25, 0.3) is 11.8 Å². The van der Waals surface area contributed by atoms with Crippen LogP contribution in [0.4, 0.5) is 5.69 Å². The molecule has 0 bridgehead atoms. The predicted molar refractivity (Wildman–Crippen MR) is 126 cm³/mol. The number of para-hydroxylation sites is 2. The number of ether oxygens (including phenoxy) is 1. The van der Waals surface area contributed by atoms with Gasteiger partial charge in [-0.15, -0.1) is 0 Å². The largest absolute Gasteiger partial charge is 0.477 e. The van der Waals surface area contributed by atoms with Crippen LogP contribution < -0.4 is 15.0 Å². The third kappa shape index (κ3) is 4.17. The Hall–Kier alpha value is -3.41. The van der Waals surface area contributed by atoms with E-state index in [0.717, 1.165) is 29.3 Å². The van der Waals surface area contributed by atoms with Crippen LogP contribution in [0.5, 0.6) is 5.75 Å². The number of amides is 2. The summed E-state index contributed by atoms with van der Waals surface area (Å²) in [4.78, 5) is 32.9. The molecule has 6 heteroatoms. The van der Waals surface area contributed by atoms with Crippen molar-refractivity contribution < 1.29 is 14.3 Å². The normalized spacial score (nSPS) is 15.4. The van der Waals surface area contributed by atoms with Gasteiger partial charge in [0, 0.05) is 11.4 Å². The Morgan fingerprint density at radius 3 is 2.62 bits per heavy atom. The minimum atomic E-state index is -0.773. The second kappa shape index (κ2) is 8.99. The van der Waals surface area contributed by atoms with Crippen LogP contribution >= 0.6 is 0 Å². The van der Waals surface area contributed by atoms with E-state index in [4.69, 9.17) is 4.74 Å². The second-order valence-electron chi connectivity index (χ2n) is 8.33. The molecule has 3 aromatic rings. The Morgan fingerprint density at radius 2 is 1.88 bits per heavy atom. The van der Waals surface area contributed by atoms with Crippen molar-refractivity contribution in [3.8, 4) is 5.75 Å². The van der Waals surface area contributed by atoms with Crippen molar-refractivity contribution in [3.05, 3.63) is 65.4 Å².